The first-order valence-corrected chi connectivity index (χ1v) is 14.7. The van der Waals surface area contributed by atoms with E-state index in [0.29, 0.717) is 22.0 Å². The maximum atomic E-state index is 12.2. The van der Waals surface area contributed by atoms with Crippen molar-refractivity contribution in [2.75, 3.05) is 6.61 Å². The Kier molecular flexibility index (Phi) is 11.1. The van der Waals surface area contributed by atoms with Crippen LogP contribution in [0.3, 0.4) is 0 Å². The highest BCUT2D eigenvalue weighted by Crippen LogP contribution is 2.38. The van der Waals surface area contributed by atoms with Crippen LogP contribution in [0.4, 0.5) is 0 Å². The van der Waals surface area contributed by atoms with Gasteiger partial charge in [0.1, 0.15) is 18.5 Å². The van der Waals surface area contributed by atoms with Crippen LogP contribution in [0.15, 0.2) is 58.8 Å². The molecule has 2 aromatic carbocycles. The Labute approximate surface area is 266 Å². The summed E-state index contributed by atoms with van der Waals surface area (Å²) in [5.41, 5.74) is -0.226. The third-order valence-electron chi connectivity index (χ3n) is 6.12. The van der Waals surface area contributed by atoms with E-state index in [9.17, 15) is 24.3 Å². The molecule has 4 rings (SSSR count). The number of phenolic OH excluding ortho intramolecular Hbond substituents is 1. The van der Waals surface area contributed by atoms with Crippen molar-refractivity contribution in [2.24, 2.45) is 5.10 Å². The largest absolute Gasteiger partial charge is 0.507 e. The highest BCUT2D eigenvalue weighted by Gasteiger charge is 2.53. The summed E-state index contributed by atoms with van der Waals surface area (Å²) in [6.45, 7) is 4.22. The number of thioether (sulfide) groups is 1. The maximum absolute atomic E-state index is 12.2. The molecular weight excluding hydrogens is 632 g/mol. The molecule has 0 spiro atoms. The summed E-state index contributed by atoms with van der Waals surface area (Å²) in [6.07, 6.45) is -3.80. The smallest absolute Gasteiger partial charge is 0.303 e. The highest BCUT2D eigenvalue weighted by molar-refractivity contribution is 7.99. The van der Waals surface area contributed by atoms with Gasteiger partial charge in [-0.3, -0.25) is 19.2 Å². The molecule has 1 N–H and O–H groups in total. The van der Waals surface area contributed by atoms with Crippen molar-refractivity contribution in [2.45, 2.75) is 62.7 Å². The first-order chi connectivity index (χ1) is 21.4. The maximum Gasteiger partial charge on any atom is 0.303 e. The average Bonchev–Trinajstić information content (AvgIpc) is 3.37. The molecule has 5 atom stereocenters. The van der Waals surface area contributed by atoms with E-state index in [2.05, 4.69) is 15.3 Å². The van der Waals surface area contributed by atoms with Crippen molar-refractivity contribution in [3.05, 3.63) is 59.1 Å². The Hall–Kier alpha value is -4.47. The lowest BCUT2D eigenvalue weighted by Gasteiger charge is -2.43. The lowest BCUT2D eigenvalue weighted by molar-refractivity contribution is -0.237. The van der Waals surface area contributed by atoms with Gasteiger partial charge < -0.3 is 28.8 Å². The van der Waals surface area contributed by atoms with E-state index in [1.807, 2.05) is 6.07 Å². The molecule has 0 saturated carbocycles. The van der Waals surface area contributed by atoms with E-state index in [0.717, 1.165) is 32.5 Å². The van der Waals surface area contributed by atoms with Gasteiger partial charge in [-0.25, -0.2) is 0 Å². The Morgan fingerprint density at radius 1 is 0.933 bits per heavy atom. The Balaban J connectivity index is 1.80. The molecule has 0 aliphatic carbocycles. The van der Waals surface area contributed by atoms with Crippen LogP contribution in [-0.2, 0) is 42.9 Å². The van der Waals surface area contributed by atoms with Gasteiger partial charge in [-0.05, 0) is 30.0 Å². The molecular formula is C29H29ClN4O10S. The van der Waals surface area contributed by atoms with Crippen LogP contribution in [0.1, 0.15) is 33.3 Å². The predicted molar refractivity (Wildman–Crippen MR) is 159 cm³/mol. The van der Waals surface area contributed by atoms with E-state index in [-0.39, 0.29) is 17.5 Å². The summed E-state index contributed by atoms with van der Waals surface area (Å²) in [5, 5.41) is 23.9. The molecule has 45 heavy (non-hydrogen) atoms. The molecule has 16 heteroatoms. The van der Waals surface area contributed by atoms with E-state index in [1.54, 1.807) is 24.3 Å². The van der Waals surface area contributed by atoms with Crippen LogP contribution < -0.4 is 0 Å². The number of benzene rings is 2. The number of halogens is 1. The summed E-state index contributed by atoms with van der Waals surface area (Å²) in [7, 11) is 0. The number of hydrogen-bond donors (Lipinski definition) is 1. The number of carbonyl (C=O) groups is 4. The quantitative estimate of drug-likeness (QED) is 0.190. The van der Waals surface area contributed by atoms with Gasteiger partial charge in [0.15, 0.2) is 29.6 Å². The molecule has 1 aliphatic rings. The Morgan fingerprint density at radius 3 is 2.22 bits per heavy atom. The number of aromatic nitrogens is 3. The van der Waals surface area contributed by atoms with Crippen LogP contribution in [0.5, 0.6) is 5.75 Å². The molecule has 0 amide bonds. The minimum atomic E-state index is -1.36. The standard InChI is InChI=1S/C29H29ClN4O10S/c1-15(35)40-14-23-24(41-16(2)36)25(42-17(3)37)26(43-18(4)38)28(44-23)45-29-33-32-27(19-8-6-5-7-9-19)34(29)31-13-20-12-21(30)10-11-22(20)39/h5-13,23-26,28,39H,14H2,1-4H3/b31-13+/t23-,24-,25+,26-,28+/m1/s1. The average molecular weight is 661 g/mol. The fraction of sp³-hybridized carbons (Fsp3) is 0.345. The molecule has 3 aromatic rings. The van der Waals surface area contributed by atoms with Gasteiger partial charge >= 0.3 is 23.9 Å². The van der Waals surface area contributed by atoms with Gasteiger partial charge in [-0.2, -0.15) is 9.78 Å². The number of aromatic hydroxyl groups is 1. The van der Waals surface area contributed by atoms with Gasteiger partial charge in [-0.1, -0.05) is 41.9 Å². The van der Waals surface area contributed by atoms with Crippen molar-refractivity contribution in [3.8, 4) is 17.1 Å². The second-order valence-corrected chi connectivity index (χ2v) is 11.1. The van der Waals surface area contributed by atoms with Crippen molar-refractivity contribution in [1.29, 1.82) is 0 Å². The molecule has 1 aliphatic heterocycles. The fourth-order valence-electron chi connectivity index (χ4n) is 4.35. The van der Waals surface area contributed by atoms with Gasteiger partial charge in [-0.15, -0.1) is 10.2 Å². The number of hydrogen-bond acceptors (Lipinski definition) is 14. The zero-order valence-electron chi connectivity index (χ0n) is 24.5. The Morgan fingerprint density at radius 2 is 1.58 bits per heavy atom. The Bertz CT molecular complexity index is 1580. The lowest BCUT2D eigenvalue weighted by atomic mass is 9.99. The molecule has 1 fully saturated rings. The third-order valence-corrected chi connectivity index (χ3v) is 7.43. The molecule has 1 saturated heterocycles. The van der Waals surface area contributed by atoms with Crippen LogP contribution in [-0.4, -0.2) is 86.5 Å². The monoisotopic (exact) mass is 660 g/mol. The molecule has 0 bridgehead atoms. The SMILES string of the molecule is CC(=O)OC[C@H]1O[C@@H](Sc2nnc(-c3ccccc3)n2/N=C/c2cc(Cl)ccc2O)[C@H](OC(C)=O)[C@@H](OC(C)=O)[C@@H]1OC(C)=O. The van der Waals surface area contributed by atoms with Crippen molar-refractivity contribution in [1.82, 2.24) is 14.9 Å². The summed E-state index contributed by atoms with van der Waals surface area (Å²) in [4.78, 5) is 48.1. The van der Waals surface area contributed by atoms with Crippen molar-refractivity contribution in [3.63, 3.8) is 0 Å². The van der Waals surface area contributed by atoms with Gasteiger partial charge in [0.2, 0.25) is 5.16 Å². The summed E-state index contributed by atoms with van der Waals surface area (Å²) < 4.78 is 29.2. The highest BCUT2D eigenvalue weighted by atomic mass is 35.5. The number of carbonyl (C=O) groups excluding carboxylic acids is 4. The second-order valence-electron chi connectivity index (χ2n) is 9.62. The van der Waals surface area contributed by atoms with Gasteiger partial charge in [0.05, 0.1) is 6.21 Å². The number of esters is 4. The normalized spacial score (nSPS) is 21.2. The molecule has 0 unspecified atom stereocenters. The third kappa shape index (κ3) is 8.80. The first-order valence-electron chi connectivity index (χ1n) is 13.4. The minimum Gasteiger partial charge on any atom is -0.507 e. The van der Waals surface area contributed by atoms with Crippen molar-refractivity contribution >= 4 is 53.5 Å². The van der Waals surface area contributed by atoms with Crippen LogP contribution in [0.25, 0.3) is 11.4 Å². The summed E-state index contributed by atoms with van der Waals surface area (Å²) in [5.74, 6) is -2.65. The molecule has 0 radical (unpaired) electrons. The molecule has 1 aromatic heterocycles. The molecule has 238 valence electrons. The van der Waals surface area contributed by atoms with E-state index in [4.69, 9.17) is 35.3 Å². The van der Waals surface area contributed by atoms with E-state index < -0.39 is 53.7 Å². The van der Waals surface area contributed by atoms with Crippen LogP contribution >= 0.6 is 23.4 Å². The first kappa shape index (κ1) is 33.4. The minimum absolute atomic E-state index is 0.0775. The van der Waals surface area contributed by atoms with Crippen molar-refractivity contribution < 1.29 is 48.0 Å². The zero-order chi connectivity index (χ0) is 32.7. The zero-order valence-corrected chi connectivity index (χ0v) is 26.1. The van der Waals surface area contributed by atoms with E-state index in [1.165, 1.54) is 36.0 Å². The second kappa shape index (κ2) is 15.0. The van der Waals surface area contributed by atoms with Crippen LogP contribution in [0, 0.1) is 0 Å². The lowest BCUT2D eigenvalue weighted by Crippen LogP contribution is -2.61. The fourth-order valence-corrected chi connectivity index (χ4v) is 5.60. The van der Waals surface area contributed by atoms with E-state index >= 15 is 0 Å². The number of rotatable bonds is 10. The predicted octanol–water partition coefficient (Wildman–Crippen LogP) is 3.36. The topological polar surface area (TPSA) is 178 Å². The number of nitrogens with zero attached hydrogens (tertiary/aromatic N) is 4. The number of ether oxygens (including phenoxy) is 5. The molecule has 2 heterocycles. The molecule has 14 nitrogen and oxygen atoms in total. The number of phenols is 1. The van der Waals surface area contributed by atoms with Gasteiger partial charge in [0, 0.05) is 43.8 Å². The summed E-state index contributed by atoms with van der Waals surface area (Å²) in [6, 6.07) is 13.4. The van der Waals surface area contributed by atoms with Gasteiger partial charge in [0.25, 0.3) is 0 Å². The summed E-state index contributed by atoms with van der Waals surface area (Å²) >= 11 is 7.01. The van der Waals surface area contributed by atoms with Crippen LogP contribution in [0.2, 0.25) is 5.02 Å².